The van der Waals surface area contributed by atoms with Crippen LogP contribution in [0.2, 0.25) is 0 Å². The van der Waals surface area contributed by atoms with Gasteiger partial charge in [-0.05, 0) is 68.7 Å². The van der Waals surface area contributed by atoms with Crippen LogP contribution in [0, 0.1) is 13.8 Å². The second kappa shape index (κ2) is 14.2. The molecule has 4 rings (SSSR count). The number of hydrogen-bond donors (Lipinski definition) is 1. The first-order chi connectivity index (χ1) is 20.5. The van der Waals surface area contributed by atoms with E-state index in [2.05, 4.69) is 5.32 Å². The number of anilines is 1. The monoisotopic (exact) mass is 597 g/mol. The summed E-state index contributed by atoms with van der Waals surface area (Å²) in [7, 11) is -4.12. The fourth-order valence-corrected chi connectivity index (χ4v) is 6.40. The third-order valence-corrected chi connectivity index (χ3v) is 8.83. The van der Waals surface area contributed by atoms with Gasteiger partial charge in [-0.15, -0.1) is 0 Å². The number of amides is 2. The number of carbonyl (C=O) groups is 2. The third-order valence-electron chi connectivity index (χ3n) is 7.04. The Hall–Kier alpha value is -4.43. The molecule has 7 nitrogen and oxygen atoms in total. The molecule has 0 saturated carbocycles. The van der Waals surface area contributed by atoms with Crippen molar-refractivity contribution in [2.24, 2.45) is 0 Å². The zero-order valence-corrected chi connectivity index (χ0v) is 25.9. The fourth-order valence-electron chi connectivity index (χ4n) is 4.97. The molecule has 0 heterocycles. The molecule has 0 spiro atoms. The molecule has 4 aromatic rings. The molecule has 0 aliphatic heterocycles. The van der Waals surface area contributed by atoms with Gasteiger partial charge in [-0.2, -0.15) is 0 Å². The van der Waals surface area contributed by atoms with E-state index < -0.39 is 28.5 Å². The average Bonchev–Trinajstić information content (AvgIpc) is 2.98. The summed E-state index contributed by atoms with van der Waals surface area (Å²) in [5, 5.41) is 2.98. The van der Waals surface area contributed by atoms with Crippen LogP contribution >= 0.6 is 0 Å². The maximum absolute atomic E-state index is 14.4. The number of carbonyl (C=O) groups excluding carboxylic acids is 2. The van der Waals surface area contributed by atoms with Crippen molar-refractivity contribution < 1.29 is 18.0 Å². The summed E-state index contributed by atoms with van der Waals surface area (Å²) in [6, 6.07) is 31.4. The Balaban J connectivity index is 1.80. The third kappa shape index (κ3) is 8.32. The van der Waals surface area contributed by atoms with E-state index in [0.717, 1.165) is 26.6 Å². The highest BCUT2D eigenvalue weighted by Gasteiger charge is 2.34. The van der Waals surface area contributed by atoms with E-state index >= 15 is 0 Å². The smallest absolute Gasteiger partial charge is 0.264 e. The van der Waals surface area contributed by atoms with Crippen LogP contribution in [0.1, 0.15) is 36.1 Å². The lowest BCUT2D eigenvalue weighted by Crippen LogP contribution is -2.54. The van der Waals surface area contributed by atoms with Crippen molar-refractivity contribution in [1.82, 2.24) is 10.2 Å². The van der Waals surface area contributed by atoms with Gasteiger partial charge in [0.1, 0.15) is 12.6 Å². The van der Waals surface area contributed by atoms with E-state index in [1.54, 1.807) is 36.4 Å². The van der Waals surface area contributed by atoms with Crippen LogP contribution in [-0.2, 0) is 32.6 Å². The van der Waals surface area contributed by atoms with E-state index in [-0.39, 0.29) is 29.8 Å². The van der Waals surface area contributed by atoms with Crippen LogP contribution in [0.25, 0.3) is 0 Å². The molecule has 224 valence electrons. The van der Waals surface area contributed by atoms with Crippen LogP contribution in [0.4, 0.5) is 5.69 Å². The van der Waals surface area contributed by atoms with Crippen molar-refractivity contribution >= 4 is 27.5 Å². The van der Waals surface area contributed by atoms with E-state index in [1.807, 2.05) is 88.4 Å². The highest BCUT2D eigenvalue weighted by Crippen LogP contribution is 2.26. The minimum absolute atomic E-state index is 0.0768. The Morgan fingerprint density at radius 1 is 0.744 bits per heavy atom. The molecule has 43 heavy (non-hydrogen) atoms. The van der Waals surface area contributed by atoms with Gasteiger partial charge in [-0.25, -0.2) is 8.42 Å². The predicted molar refractivity (Wildman–Crippen MR) is 171 cm³/mol. The first kappa shape index (κ1) is 31.5. The Morgan fingerprint density at radius 2 is 1.33 bits per heavy atom. The second-order valence-electron chi connectivity index (χ2n) is 11.0. The van der Waals surface area contributed by atoms with Gasteiger partial charge >= 0.3 is 0 Å². The van der Waals surface area contributed by atoms with Crippen molar-refractivity contribution in [2.45, 2.75) is 57.6 Å². The van der Waals surface area contributed by atoms with Crippen molar-refractivity contribution in [3.05, 3.63) is 131 Å². The van der Waals surface area contributed by atoms with E-state index in [0.29, 0.717) is 5.69 Å². The molecular weight excluding hydrogens is 558 g/mol. The lowest BCUT2D eigenvalue weighted by Gasteiger charge is -2.34. The highest BCUT2D eigenvalue weighted by molar-refractivity contribution is 7.92. The molecule has 1 atom stereocenters. The van der Waals surface area contributed by atoms with Gasteiger partial charge in [0.15, 0.2) is 0 Å². The van der Waals surface area contributed by atoms with Gasteiger partial charge in [0, 0.05) is 19.0 Å². The molecule has 0 radical (unpaired) electrons. The molecule has 0 aliphatic rings. The molecule has 0 aliphatic carbocycles. The van der Waals surface area contributed by atoms with Gasteiger partial charge in [-0.3, -0.25) is 13.9 Å². The highest BCUT2D eigenvalue weighted by atomic mass is 32.2. The Labute approximate surface area is 255 Å². The summed E-state index contributed by atoms with van der Waals surface area (Å²) in [6.45, 7) is 7.23. The minimum atomic E-state index is -4.12. The van der Waals surface area contributed by atoms with Crippen LogP contribution in [0.15, 0.2) is 114 Å². The second-order valence-corrected chi connectivity index (χ2v) is 12.9. The number of hydrogen-bond acceptors (Lipinski definition) is 4. The topological polar surface area (TPSA) is 86.8 Å². The van der Waals surface area contributed by atoms with Gasteiger partial charge < -0.3 is 10.2 Å². The van der Waals surface area contributed by atoms with Crippen molar-refractivity contribution in [3.63, 3.8) is 0 Å². The predicted octanol–water partition coefficient (Wildman–Crippen LogP) is 5.66. The average molecular weight is 598 g/mol. The summed E-state index contributed by atoms with van der Waals surface area (Å²) in [4.78, 5) is 29.8. The summed E-state index contributed by atoms with van der Waals surface area (Å²) in [5.41, 5.74) is 3.98. The van der Waals surface area contributed by atoms with E-state index in [9.17, 15) is 18.0 Å². The molecule has 0 fully saturated rings. The molecule has 8 heteroatoms. The van der Waals surface area contributed by atoms with Gasteiger partial charge in [0.05, 0.1) is 10.6 Å². The maximum atomic E-state index is 14.4. The van der Waals surface area contributed by atoms with Gasteiger partial charge in [-0.1, -0.05) is 90.5 Å². The number of nitrogens with one attached hydrogen (secondary N) is 1. The van der Waals surface area contributed by atoms with Crippen LogP contribution < -0.4 is 9.62 Å². The largest absolute Gasteiger partial charge is 0.352 e. The zero-order chi connectivity index (χ0) is 31.0. The number of nitrogens with zero attached hydrogens (tertiary/aromatic N) is 2. The zero-order valence-electron chi connectivity index (χ0n) is 25.1. The standard InChI is InChI=1S/C35H39N3O4S/c1-26(2)36-35(40)33(23-29-15-7-5-8-16-29)37(24-30-17-11-13-27(3)21-30)34(39)25-38(31-18-12-14-28(4)22-31)43(41,42)32-19-9-6-10-20-32/h5-22,26,33H,23-25H2,1-4H3,(H,36,40)/t33-/m1/s1. The summed E-state index contributed by atoms with van der Waals surface area (Å²) < 4.78 is 29.2. The summed E-state index contributed by atoms with van der Waals surface area (Å²) in [5.74, 6) is -0.782. The number of rotatable bonds is 12. The van der Waals surface area contributed by atoms with Gasteiger partial charge in [0.2, 0.25) is 11.8 Å². The number of aryl methyl sites for hydroxylation is 2. The quantitative estimate of drug-likeness (QED) is 0.228. The Morgan fingerprint density at radius 3 is 1.93 bits per heavy atom. The van der Waals surface area contributed by atoms with Crippen LogP contribution in [0.3, 0.4) is 0 Å². The number of benzene rings is 4. The molecule has 4 aromatic carbocycles. The normalized spacial score (nSPS) is 12.0. The molecular formula is C35H39N3O4S. The first-order valence-corrected chi connectivity index (χ1v) is 15.8. The molecule has 0 saturated heterocycles. The molecule has 0 aromatic heterocycles. The summed E-state index contributed by atoms with van der Waals surface area (Å²) >= 11 is 0. The van der Waals surface area contributed by atoms with Crippen LogP contribution in [0.5, 0.6) is 0 Å². The molecule has 1 N–H and O–H groups in total. The van der Waals surface area contributed by atoms with E-state index in [4.69, 9.17) is 0 Å². The summed E-state index contributed by atoms with van der Waals surface area (Å²) in [6.07, 6.45) is 0.271. The van der Waals surface area contributed by atoms with Crippen molar-refractivity contribution in [2.75, 3.05) is 10.8 Å². The number of sulfonamides is 1. The van der Waals surface area contributed by atoms with Crippen LogP contribution in [-0.4, -0.2) is 43.8 Å². The Bertz CT molecular complexity index is 1640. The molecule has 2 amide bonds. The van der Waals surface area contributed by atoms with Crippen molar-refractivity contribution in [1.29, 1.82) is 0 Å². The molecule has 0 unspecified atom stereocenters. The van der Waals surface area contributed by atoms with E-state index in [1.165, 1.54) is 17.0 Å². The maximum Gasteiger partial charge on any atom is 0.264 e. The van der Waals surface area contributed by atoms with Gasteiger partial charge in [0.25, 0.3) is 10.0 Å². The Kier molecular flexibility index (Phi) is 10.4. The molecule has 0 bridgehead atoms. The van der Waals surface area contributed by atoms with Crippen molar-refractivity contribution in [3.8, 4) is 0 Å². The minimum Gasteiger partial charge on any atom is -0.352 e. The lowest BCUT2D eigenvalue weighted by atomic mass is 10.0. The first-order valence-electron chi connectivity index (χ1n) is 14.4. The lowest BCUT2D eigenvalue weighted by molar-refractivity contribution is -0.140. The SMILES string of the molecule is Cc1cccc(CN(C(=O)CN(c2cccc(C)c2)S(=O)(=O)c2ccccc2)[C@H](Cc2ccccc2)C(=O)NC(C)C)c1. The fraction of sp³-hybridized carbons (Fsp3) is 0.257.